The Morgan fingerprint density at radius 1 is 1.52 bits per heavy atom. The van der Waals surface area contributed by atoms with Gasteiger partial charge in [-0.05, 0) is 45.5 Å². The zero-order valence-corrected chi connectivity index (χ0v) is 13.2. The Morgan fingerprint density at radius 3 is 2.76 bits per heavy atom. The van der Waals surface area contributed by atoms with Crippen molar-refractivity contribution in [1.29, 1.82) is 0 Å². The molecule has 1 heterocycles. The molecule has 1 fully saturated rings. The van der Waals surface area contributed by atoms with Crippen molar-refractivity contribution >= 4 is 23.2 Å². The molecule has 4 nitrogen and oxygen atoms in total. The fraction of sp³-hybridized carbons (Fsp3) is 0.533. The normalized spacial score (nSPS) is 19.7. The van der Waals surface area contributed by atoms with Crippen LogP contribution in [0, 0.1) is 5.82 Å². The van der Waals surface area contributed by atoms with Crippen molar-refractivity contribution in [3.63, 3.8) is 0 Å². The Balaban J connectivity index is 2.12. The molecule has 0 aliphatic carbocycles. The molecular formula is C15H20ClFN2O2. The highest BCUT2D eigenvalue weighted by atomic mass is 35.5. The first-order chi connectivity index (χ1) is 9.69. The number of carbonyl (C=O) groups excluding carboxylic acids is 1. The molecule has 1 atom stereocenters. The Hall–Kier alpha value is -1.17. The number of anilines is 1. The summed E-state index contributed by atoms with van der Waals surface area (Å²) in [5.74, 6) is -0.612. The molecule has 1 aliphatic rings. The molecule has 1 amide bonds. The van der Waals surface area contributed by atoms with Gasteiger partial charge in [0.15, 0.2) is 0 Å². The third kappa shape index (κ3) is 3.73. The van der Waals surface area contributed by atoms with Crippen LogP contribution in [0.25, 0.3) is 0 Å². The number of hydrogen-bond acceptors (Lipinski definition) is 3. The van der Waals surface area contributed by atoms with Crippen molar-refractivity contribution in [1.82, 2.24) is 4.90 Å². The number of aliphatic hydroxyl groups is 1. The van der Waals surface area contributed by atoms with Gasteiger partial charge in [-0.1, -0.05) is 11.6 Å². The van der Waals surface area contributed by atoms with Crippen LogP contribution >= 0.6 is 11.6 Å². The molecule has 1 aromatic carbocycles. The van der Waals surface area contributed by atoms with Crippen molar-refractivity contribution in [2.45, 2.75) is 31.9 Å². The zero-order chi connectivity index (χ0) is 15.8. The fourth-order valence-corrected chi connectivity index (χ4v) is 2.82. The van der Waals surface area contributed by atoms with Gasteiger partial charge < -0.3 is 10.0 Å². The molecule has 0 spiro atoms. The number of likely N-dealkylation sites (N-methyl/N-ethyl adjacent to an activating group) is 1. The van der Waals surface area contributed by atoms with Crippen LogP contribution in [0.2, 0.25) is 5.02 Å². The predicted molar refractivity (Wildman–Crippen MR) is 81.1 cm³/mol. The average molecular weight is 315 g/mol. The summed E-state index contributed by atoms with van der Waals surface area (Å²) in [4.78, 5) is 15.9. The van der Waals surface area contributed by atoms with Crippen LogP contribution in [-0.4, -0.2) is 47.7 Å². The molecule has 0 radical (unpaired) electrons. The summed E-state index contributed by atoms with van der Waals surface area (Å²) in [6.45, 7) is 4.33. The molecule has 0 saturated carbocycles. The van der Waals surface area contributed by atoms with Gasteiger partial charge in [-0.25, -0.2) is 4.39 Å². The molecule has 1 aliphatic heterocycles. The van der Waals surface area contributed by atoms with E-state index in [4.69, 9.17) is 11.6 Å². The van der Waals surface area contributed by atoms with Crippen LogP contribution in [0.1, 0.15) is 20.3 Å². The third-order valence-corrected chi connectivity index (χ3v) is 3.87. The Labute approximate surface area is 129 Å². The second-order valence-corrected chi connectivity index (χ2v) is 6.53. The zero-order valence-electron chi connectivity index (χ0n) is 12.4. The monoisotopic (exact) mass is 314 g/mol. The van der Waals surface area contributed by atoms with E-state index < -0.39 is 11.4 Å². The van der Waals surface area contributed by atoms with Gasteiger partial charge in [0, 0.05) is 18.8 Å². The van der Waals surface area contributed by atoms with E-state index in [9.17, 15) is 14.3 Å². The second-order valence-electron chi connectivity index (χ2n) is 6.12. The van der Waals surface area contributed by atoms with E-state index >= 15 is 0 Å². The lowest BCUT2D eigenvalue weighted by Gasteiger charge is -2.29. The average Bonchev–Trinajstić information content (AvgIpc) is 2.73. The highest BCUT2D eigenvalue weighted by Crippen LogP contribution is 2.27. The molecule has 1 N–H and O–H groups in total. The molecule has 1 aromatic rings. The lowest BCUT2D eigenvalue weighted by Crippen LogP contribution is -2.45. The van der Waals surface area contributed by atoms with Crippen molar-refractivity contribution in [3.8, 4) is 0 Å². The summed E-state index contributed by atoms with van der Waals surface area (Å²) in [6, 6.07) is 4.07. The van der Waals surface area contributed by atoms with Gasteiger partial charge in [0.1, 0.15) is 5.82 Å². The first kappa shape index (κ1) is 16.2. The van der Waals surface area contributed by atoms with E-state index in [-0.39, 0.29) is 17.0 Å². The minimum absolute atomic E-state index is 0.0427. The van der Waals surface area contributed by atoms with Gasteiger partial charge in [0.2, 0.25) is 5.91 Å². The van der Waals surface area contributed by atoms with Gasteiger partial charge in [-0.2, -0.15) is 0 Å². The number of nitrogens with zero attached hydrogens (tertiary/aromatic N) is 2. The highest BCUT2D eigenvalue weighted by Gasteiger charge is 2.36. The van der Waals surface area contributed by atoms with Crippen molar-refractivity contribution in [3.05, 3.63) is 29.0 Å². The summed E-state index contributed by atoms with van der Waals surface area (Å²) in [7, 11) is 1.81. The molecule has 1 saturated heterocycles. The summed E-state index contributed by atoms with van der Waals surface area (Å²) in [5.41, 5.74) is -0.351. The summed E-state index contributed by atoms with van der Waals surface area (Å²) in [6.07, 6.45) is 0.648. The Morgan fingerprint density at radius 2 is 2.19 bits per heavy atom. The van der Waals surface area contributed by atoms with Crippen LogP contribution < -0.4 is 4.90 Å². The van der Waals surface area contributed by atoms with Crippen LogP contribution in [-0.2, 0) is 4.79 Å². The molecule has 0 aromatic heterocycles. The van der Waals surface area contributed by atoms with E-state index in [1.807, 2.05) is 11.9 Å². The number of benzene rings is 1. The van der Waals surface area contributed by atoms with E-state index in [2.05, 4.69) is 0 Å². The van der Waals surface area contributed by atoms with E-state index in [0.29, 0.717) is 25.2 Å². The molecule has 2 rings (SSSR count). The van der Waals surface area contributed by atoms with Crippen LogP contribution in [0.15, 0.2) is 18.2 Å². The van der Waals surface area contributed by atoms with Crippen LogP contribution in [0.4, 0.5) is 10.1 Å². The summed E-state index contributed by atoms with van der Waals surface area (Å²) < 4.78 is 13.5. The first-order valence-electron chi connectivity index (χ1n) is 6.88. The molecule has 21 heavy (non-hydrogen) atoms. The lowest BCUT2D eigenvalue weighted by atomic mass is 10.1. The van der Waals surface area contributed by atoms with Gasteiger partial charge in [0.05, 0.1) is 16.7 Å². The van der Waals surface area contributed by atoms with Crippen LogP contribution in [0.3, 0.4) is 0 Å². The topological polar surface area (TPSA) is 43.8 Å². The lowest BCUT2D eigenvalue weighted by molar-refractivity contribution is -0.122. The van der Waals surface area contributed by atoms with E-state index in [0.717, 1.165) is 0 Å². The van der Waals surface area contributed by atoms with Crippen molar-refractivity contribution < 1.29 is 14.3 Å². The largest absolute Gasteiger partial charge is 0.389 e. The number of carbonyl (C=O) groups is 1. The van der Waals surface area contributed by atoms with E-state index in [1.54, 1.807) is 24.8 Å². The maximum absolute atomic E-state index is 13.5. The standard InChI is InChI=1S/C15H20ClFN2O2/c1-15(2,21)9-18(3)13-6-7-19(14(13)20)10-4-5-11(16)12(17)8-10/h4-5,8,13,21H,6-7,9H2,1-3H3. The Kier molecular flexibility index (Phi) is 4.56. The molecule has 116 valence electrons. The molecule has 0 bridgehead atoms. The number of rotatable bonds is 4. The predicted octanol–water partition coefficient (Wildman–Crippen LogP) is 2.29. The summed E-state index contributed by atoms with van der Waals surface area (Å²) >= 11 is 5.66. The van der Waals surface area contributed by atoms with Crippen LogP contribution in [0.5, 0.6) is 0 Å². The van der Waals surface area contributed by atoms with Gasteiger partial charge in [0.25, 0.3) is 0 Å². The SMILES string of the molecule is CN(CC(C)(C)O)C1CCN(c2ccc(Cl)c(F)c2)C1=O. The minimum Gasteiger partial charge on any atom is -0.389 e. The first-order valence-corrected chi connectivity index (χ1v) is 7.26. The molecule has 6 heteroatoms. The van der Waals surface area contributed by atoms with Crippen molar-refractivity contribution in [2.24, 2.45) is 0 Å². The second kappa shape index (κ2) is 5.91. The molecule has 1 unspecified atom stereocenters. The highest BCUT2D eigenvalue weighted by molar-refractivity contribution is 6.30. The quantitative estimate of drug-likeness (QED) is 0.927. The van der Waals surface area contributed by atoms with Gasteiger partial charge in [-0.15, -0.1) is 0 Å². The fourth-order valence-electron chi connectivity index (χ4n) is 2.70. The summed E-state index contributed by atoms with van der Waals surface area (Å²) in [5, 5.41) is 9.90. The Bertz CT molecular complexity index is 545. The minimum atomic E-state index is -0.866. The van der Waals surface area contributed by atoms with Crippen molar-refractivity contribution in [2.75, 3.05) is 25.0 Å². The third-order valence-electron chi connectivity index (χ3n) is 3.56. The van der Waals surface area contributed by atoms with Gasteiger partial charge >= 0.3 is 0 Å². The van der Waals surface area contributed by atoms with Gasteiger partial charge in [-0.3, -0.25) is 9.69 Å². The smallest absolute Gasteiger partial charge is 0.244 e. The molecular weight excluding hydrogens is 295 g/mol. The number of hydrogen-bond donors (Lipinski definition) is 1. The van der Waals surface area contributed by atoms with E-state index in [1.165, 1.54) is 12.1 Å². The number of halogens is 2. The maximum atomic E-state index is 13.5. The maximum Gasteiger partial charge on any atom is 0.244 e. The number of amides is 1.